The highest BCUT2D eigenvalue weighted by Crippen LogP contribution is 2.33. The third-order valence-corrected chi connectivity index (χ3v) is 5.03. The molecule has 0 atom stereocenters. The summed E-state index contributed by atoms with van der Waals surface area (Å²) >= 11 is 0. The van der Waals surface area contributed by atoms with Crippen molar-refractivity contribution < 1.29 is 9.47 Å². The van der Waals surface area contributed by atoms with Gasteiger partial charge in [0.25, 0.3) is 0 Å². The van der Waals surface area contributed by atoms with Crippen LogP contribution in [-0.4, -0.2) is 52.8 Å². The van der Waals surface area contributed by atoms with E-state index in [9.17, 15) is 5.26 Å². The molecular weight excluding hydrogens is 394 g/mol. The monoisotopic (exact) mass is 417 g/mol. The van der Waals surface area contributed by atoms with Crippen molar-refractivity contribution in [1.82, 2.24) is 19.9 Å². The molecule has 0 aliphatic carbocycles. The number of rotatable bonds is 7. The van der Waals surface area contributed by atoms with Gasteiger partial charge in [-0.1, -0.05) is 0 Å². The summed E-state index contributed by atoms with van der Waals surface area (Å²) in [4.78, 5) is 19.9. The Morgan fingerprint density at radius 3 is 2.65 bits per heavy atom. The minimum atomic E-state index is 0.278. The first-order chi connectivity index (χ1) is 15.1. The molecule has 2 aromatic heterocycles. The molecule has 3 aromatic rings. The number of nitrogens with zero attached hydrogens (tertiary/aromatic N) is 6. The number of hydrogen-bond donors (Lipinski definition) is 1. The predicted molar refractivity (Wildman–Crippen MR) is 115 cm³/mol. The summed E-state index contributed by atoms with van der Waals surface area (Å²) in [6.07, 6.45) is 4.21. The molecule has 0 saturated carbocycles. The van der Waals surface area contributed by atoms with Crippen molar-refractivity contribution in [2.45, 2.75) is 19.4 Å². The molecule has 0 spiro atoms. The molecule has 0 unspecified atom stereocenters. The molecule has 158 valence electrons. The smallest absolute Gasteiger partial charge is 0.224 e. The van der Waals surface area contributed by atoms with Gasteiger partial charge < -0.3 is 20.1 Å². The van der Waals surface area contributed by atoms with Crippen LogP contribution in [0.25, 0.3) is 11.4 Å². The van der Waals surface area contributed by atoms with E-state index in [-0.39, 0.29) is 6.04 Å². The van der Waals surface area contributed by atoms with E-state index in [0.29, 0.717) is 60.6 Å². The van der Waals surface area contributed by atoms with E-state index in [2.05, 4.69) is 30.9 Å². The van der Waals surface area contributed by atoms with E-state index in [1.807, 2.05) is 14.0 Å². The molecule has 4 rings (SSSR count). The van der Waals surface area contributed by atoms with Gasteiger partial charge in [0, 0.05) is 25.5 Å². The molecule has 1 aromatic carbocycles. The number of nitrogens with two attached hydrogens (primary N) is 1. The minimum absolute atomic E-state index is 0.278. The number of nitriles is 1. The molecule has 0 bridgehead atoms. The fourth-order valence-corrected chi connectivity index (χ4v) is 3.16. The standard InChI is InChI=1S/C22H23N7O2/c1-14-27-20(29(2)17-12-30-13-17)8-21(28-14)31-19-7-15(9-24)3-4-18(19)22-25-10-16(5-6-23)11-26-22/h3-4,7-8,10-11,17H,5-6,12-13,23H2,1-2H3. The van der Waals surface area contributed by atoms with E-state index in [0.717, 1.165) is 11.4 Å². The number of aryl methyl sites for hydroxylation is 1. The van der Waals surface area contributed by atoms with Gasteiger partial charge in [-0.05, 0) is 43.7 Å². The third-order valence-electron chi connectivity index (χ3n) is 5.03. The van der Waals surface area contributed by atoms with Gasteiger partial charge >= 0.3 is 0 Å². The van der Waals surface area contributed by atoms with Crippen molar-refractivity contribution in [3.05, 3.63) is 53.6 Å². The van der Waals surface area contributed by atoms with Crippen LogP contribution in [0.2, 0.25) is 0 Å². The second kappa shape index (κ2) is 9.04. The first-order valence-electron chi connectivity index (χ1n) is 9.97. The van der Waals surface area contributed by atoms with Gasteiger partial charge in [-0.2, -0.15) is 10.2 Å². The fourth-order valence-electron chi connectivity index (χ4n) is 3.16. The van der Waals surface area contributed by atoms with Crippen molar-refractivity contribution in [3.8, 4) is 29.1 Å². The second-order valence-electron chi connectivity index (χ2n) is 7.29. The normalized spacial score (nSPS) is 13.4. The van der Waals surface area contributed by atoms with Crippen molar-refractivity contribution in [1.29, 1.82) is 5.26 Å². The molecule has 3 heterocycles. The van der Waals surface area contributed by atoms with Gasteiger partial charge in [-0.15, -0.1) is 0 Å². The zero-order valence-corrected chi connectivity index (χ0v) is 17.4. The molecule has 9 nitrogen and oxygen atoms in total. The summed E-state index contributed by atoms with van der Waals surface area (Å²) in [6.45, 7) is 3.68. The lowest BCUT2D eigenvalue weighted by Gasteiger charge is -2.35. The molecular formula is C22H23N7O2. The first-order valence-corrected chi connectivity index (χ1v) is 9.97. The minimum Gasteiger partial charge on any atom is -0.438 e. The lowest BCUT2D eigenvalue weighted by molar-refractivity contribution is 0.00985. The predicted octanol–water partition coefficient (Wildman–Crippen LogP) is 2.24. The highest BCUT2D eigenvalue weighted by atomic mass is 16.5. The van der Waals surface area contributed by atoms with Crippen LogP contribution in [-0.2, 0) is 11.2 Å². The van der Waals surface area contributed by atoms with Crippen LogP contribution in [0.5, 0.6) is 11.6 Å². The van der Waals surface area contributed by atoms with Crippen LogP contribution < -0.4 is 15.4 Å². The maximum atomic E-state index is 9.35. The van der Waals surface area contributed by atoms with E-state index >= 15 is 0 Å². The number of anilines is 1. The molecule has 9 heteroatoms. The number of likely N-dealkylation sites (N-methyl/N-ethyl adjacent to an activating group) is 1. The molecule has 0 amide bonds. The quantitative estimate of drug-likeness (QED) is 0.616. The van der Waals surface area contributed by atoms with Crippen LogP contribution in [0.4, 0.5) is 5.82 Å². The lowest BCUT2D eigenvalue weighted by Crippen LogP contribution is -2.47. The van der Waals surface area contributed by atoms with Crippen molar-refractivity contribution >= 4 is 5.82 Å². The summed E-state index contributed by atoms with van der Waals surface area (Å²) in [6, 6.07) is 9.34. The van der Waals surface area contributed by atoms with E-state index < -0.39 is 0 Å². The van der Waals surface area contributed by atoms with Crippen molar-refractivity contribution in [2.75, 3.05) is 31.7 Å². The van der Waals surface area contributed by atoms with E-state index in [1.165, 1.54) is 0 Å². The summed E-state index contributed by atoms with van der Waals surface area (Å²) in [7, 11) is 1.97. The summed E-state index contributed by atoms with van der Waals surface area (Å²) in [5.41, 5.74) is 7.69. The first kappa shape index (κ1) is 20.7. The summed E-state index contributed by atoms with van der Waals surface area (Å²) in [5, 5.41) is 9.35. The van der Waals surface area contributed by atoms with Gasteiger partial charge in [0.05, 0.1) is 36.5 Å². The SMILES string of the molecule is Cc1nc(Oc2cc(C#N)ccc2-c2ncc(CCN)cn2)cc(N(C)C2COC2)n1. The Hall–Kier alpha value is -3.61. The third kappa shape index (κ3) is 4.60. The zero-order chi connectivity index (χ0) is 21.8. The van der Waals surface area contributed by atoms with E-state index in [1.54, 1.807) is 36.7 Å². The molecule has 0 radical (unpaired) electrons. The maximum absolute atomic E-state index is 9.35. The highest BCUT2D eigenvalue weighted by molar-refractivity contribution is 5.66. The Morgan fingerprint density at radius 1 is 1.23 bits per heavy atom. The Labute approximate surface area is 180 Å². The average molecular weight is 417 g/mol. The lowest BCUT2D eigenvalue weighted by atomic mass is 10.1. The van der Waals surface area contributed by atoms with Crippen LogP contribution in [0.1, 0.15) is 17.0 Å². The fraction of sp³-hybridized carbons (Fsp3) is 0.318. The number of benzene rings is 1. The molecule has 31 heavy (non-hydrogen) atoms. The maximum Gasteiger partial charge on any atom is 0.224 e. The largest absolute Gasteiger partial charge is 0.438 e. The van der Waals surface area contributed by atoms with Crippen molar-refractivity contribution in [2.24, 2.45) is 5.73 Å². The van der Waals surface area contributed by atoms with Gasteiger partial charge in [0.1, 0.15) is 17.4 Å². The van der Waals surface area contributed by atoms with Gasteiger partial charge in [0.15, 0.2) is 5.82 Å². The second-order valence-corrected chi connectivity index (χ2v) is 7.29. The van der Waals surface area contributed by atoms with Crippen molar-refractivity contribution in [3.63, 3.8) is 0 Å². The number of hydrogen-bond acceptors (Lipinski definition) is 9. The number of ether oxygens (including phenoxy) is 2. The van der Waals surface area contributed by atoms with Gasteiger partial charge in [-0.3, -0.25) is 0 Å². The Bertz CT molecular complexity index is 1110. The Morgan fingerprint density at radius 2 is 2.00 bits per heavy atom. The van der Waals surface area contributed by atoms with Crippen LogP contribution in [0.15, 0.2) is 36.7 Å². The summed E-state index contributed by atoms with van der Waals surface area (Å²) in [5.74, 6) is 2.65. The van der Waals surface area contributed by atoms with Gasteiger partial charge in [0.2, 0.25) is 5.88 Å². The Kier molecular flexibility index (Phi) is 6.02. The molecule has 1 aliphatic rings. The topological polar surface area (TPSA) is 123 Å². The molecule has 2 N–H and O–H groups in total. The molecule has 1 saturated heterocycles. The van der Waals surface area contributed by atoms with Crippen LogP contribution in [0.3, 0.4) is 0 Å². The van der Waals surface area contributed by atoms with Crippen LogP contribution in [0, 0.1) is 18.3 Å². The highest BCUT2D eigenvalue weighted by Gasteiger charge is 2.25. The molecule has 1 fully saturated rings. The van der Waals surface area contributed by atoms with Gasteiger partial charge in [-0.25, -0.2) is 15.0 Å². The summed E-state index contributed by atoms with van der Waals surface area (Å²) < 4.78 is 11.4. The average Bonchev–Trinajstić information content (AvgIpc) is 2.73. The van der Waals surface area contributed by atoms with E-state index in [4.69, 9.17) is 15.2 Å². The van der Waals surface area contributed by atoms with Crippen LogP contribution >= 0.6 is 0 Å². The number of aromatic nitrogens is 4. The molecule has 1 aliphatic heterocycles. The Balaban J connectivity index is 1.67. The zero-order valence-electron chi connectivity index (χ0n) is 17.4.